The highest BCUT2D eigenvalue weighted by Crippen LogP contribution is 2.44. The van der Waals surface area contributed by atoms with Gasteiger partial charge in [-0.3, -0.25) is 0 Å². The van der Waals surface area contributed by atoms with Gasteiger partial charge in [0, 0.05) is 6.08 Å². The fraction of sp³-hybridized carbons (Fsp3) is 0.786. The van der Waals surface area contributed by atoms with Crippen LogP contribution in [0, 0.1) is 0 Å². The van der Waals surface area contributed by atoms with Crippen molar-refractivity contribution in [1.29, 1.82) is 0 Å². The number of ether oxygens (including phenoxy) is 1. The summed E-state index contributed by atoms with van der Waals surface area (Å²) in [7, 11) is 0. The topological polar surface area (TPSA) is 26.3 Å². The second kappa shape index (κ2) is 8.03. The molecule has 0 aliphatic rings. The second-order valence-corrected chi connectivity index (χ2v) is 6.01. The van der Waals surface area contributed by atoms with Gasteiger partial charge in [-0.05, 0) is 6.92 Å². The zero-order chi connectivity index (χ0) is 21.0. The maximum atomic E-state index is 13.4. The Morgan fingerprint density at radius 3 is 1.46 bits per heavy atom. The van der Waals surface area contributed by atoms with E-state index in [0.29, 0.717) is 6.08 Å². The quantitative estimate of drug-likeness (QED) is 0.258. The van der Waals surface area contributed by atoms with Gasteiger partial charge < -0.3 is 4.74 Å². The number of hydrogen-bond acceptors (Lipinski definition) is 2. The normalized spacial score (nSPS) is 14.3. The monoisotopic (exact) mass is 406 g/mol. The van der Waals surface area contributed by atoms with E-state index in [0.717, 1.165) is 0 Å². The molecule has 0 N–H and O–H groups in total. The lowest BCUT2D eigenvalue weighted by Crippen LogP contribution is -2.40. The van der Waals surface area contributed by atoms with Crippen molar-refractivity contribution >= 4 is 5.97 Å². The maximum absolute atomic E-state index is 13.4. The number of carbonyl (C=O) groups is 1. The van der Waals surface area contributed by atoms with E-state index in [-0.39, 0.29) is 6.92 Å². The molecule has 0 aliphatic heterocycles. The standard InChI is InChI=1S/C14H16F10O2/c1-3-9(25)26-8-14(23,24)7-13(21,22)6-12(19,20)5-11(17,18)4-10(2,15)16/h3H,1,4-8H2,2H3. The van der Waals surface area contributed by atoms with E-state index in [1.807, 2.05) is 0 Å². The van der Waals surface area contributed by atoms with Crippen molar-refractivity contribution in [3.63, 3.8) is 0 Å². The van der Waals surface area contributed by atoms with Gasteiger partial charge in [0.15, 0.2) is 6.61 Å². The molecule has 0 aromatic rings. The lowest BCUT2D eigenvalue weighted by atomic mass is 9.96. The Labute approximate surface area is 142 Å². The Hall–Kier alpha value is -1.49. The molecule has 26 heavy (non-hydrogen) atoms. The van der Waals surface area contributed by atoms with Gasteiger partial charge in [0.05, 0.1) is 25.7 Å². The smallest absolute Gasteiger partial charge is 0.330 e. The number of halogens is 10. The summed E-state index contributed by atoms with van der Waals surface area (Å²) < 4.78 is 135. The van der Waals surface area contributed by atoms with E-state index in [1.54, 1.807) is 0 Å². The van der Waals surface area contributed by atoms with Gasteiger partial charge in [-0.15, -0.1) is 0 Å². The summed E-state index contributed by atoms with van der Waals surface area (Å²) in [6, 6.07) is 0. The van der Waals surface area contributed by atoms with Crippen LogP contribution >= 0.6 is 0 Å². The molecule has 0 aliphatic carbocycles. The summed E-state index contributed by atoms with van der Waals surface area (Å²) in [6.07, 6.45) is -9.75. The predicted octanol–water partition coefficient (Wildman–Crippen LogP) is 5.47. The van der Waals surface area contributed by atoms with Gasteiger partial charge in [0.1, 0.15) is 0 Å². The maximum Gasteiger partial charge on any atom is 0.330 e. The predicted molar refractivity (Wildman–Crippen MR) is 70.0 cm³/mol. The fourth-order valence-corrected chi connectivity index (χ4v) is 2.06. The van der Waals surface area contributed by atoms with Gasteiger partial charge in [-0.25, -0.2) is 48.7 Å². The van der Waals surface area contributed by atoms with Crippen LogP contribution in [0.4, 0.5) is 43.9 Å². The molecule has 12 heteroatoms. The zero-order valence-corrected chi connectivity index (χ0v) is 13.4. The van der Waals surface area contributed by atoms with Crippen LogP contribution in [0.5, 0.6) is 0 Å². The molecule has 0 unspecified atom stereocenters. The van der Waals surface area contributed by atoms with Gasteiger partial charge in [0.25, 0.3) is 29.6 Å². The van der Waals surface area contributed by atoms with E-state index < -0.39 is 67.9 Å². The first kappa shape index (κ1) is 24.5. The van der Waals surface area contributed by atoms with Crippen LogP contribution in [0.2, 0.25) is 0 Å². The van der Waals surface area contributed by atoms with Crippen LogP contribution in [-0.4, -0.2) is 42.2 Å². The first-order chi connectivity index (χ1) is 11.3. The van der Waals surface area contributed by atoms with Crippen LogP contribution in [0.15, 0.2) is 12.7 Å². The highest BCUT2D eigenvalue weighted by atomic mass is 19.3. The summed E-state index contributed by atoms with van der Waals surface area (Å²) in [5.74, 6) is -24.3. The molecule has 0 rings (SSSR count). The molecular weight excluding hydrogens is 390 g/mol. The van der Waals surface area contributed by atoms with E-state index >= 15 is 0 Å². The highest BCUT2D eigenvalue weighted by Gasteiger charge is 2.54. The molecule has 0 bridgehead atoms. The van der Waals surface area contributed by atoms with Crippen molar-refractivity contribution in [3.05, 3.63) is 12.7 Å². The first-order valence-electron chi connectivity index (χ1n) is 6.97. The first-order valence-corrected chi connectivity index (χ1v) is 6.97. The molecule has 0 radical (unpaired) electrons. The van der Waals surface area contributed by atoms with Crippen molar-refractivity contribution in [2.75, 3.05) is 6.61 Å². The third-order valence-electron chi connectivity index (χ3n) is 2.71. The Kier molecular flexibility index (Phi) is 7.57. The molecule has 0 fully saturated rings. The largest absolute Gasteiger partial charge is 0.456 e. The van der Waals surface area contributed by atoms with Crippen LogP contribution in [0.25, 0.3) is 0 Å². The second-order valence-electron chi connectivity index (χ2n) is 6.01. The molecule has 0 spiro atoms. The molecule has 0 saturated heterocycles. The van der Waals surface area contributed by atoms with Crippen LogP contribution < -0.4 is 0 Å². The van der Waals surface area contributed by atoms with E-state index in [9.17, 15) is 48.7 Å². The Balaban J connectivity index is 4.93. The summed E-state index contributed by atoms with van der Waals surface area (Å²) in [5.41, 5.74) is 0. The molecule has 0 amide bonds. The summed E-state index contributed by atoms with van der Waals surface area (Å²) >= 11 is 0. The minimum absolute atomic E-state index is 0.0265. The summed E-state index contributed by atoms with van der Waals surface area (Å²) in [4.78, 5) is 10.6. The Morgan fingerprint density at radius 2 is 1.12 bits per heavy atom. The fourth-order valence-electron chi connectivity index (χ4n) is 2.06. The third-order valence-corrected chi connectivity index (χ3v) is 2.71. The average Bonchev–Trinajstić information content (AvgIpc) is 2.27. The molecule has 2 nitrogen and oxygen atoms in total. The van der Waals surface area contributed by atoms with Crippen LogP contribution in [0.3, 0.4) is 0 Å². The van der Waals surface area contributed by atoms with E-state index in [4.69, 9.17) is 0 Å². The number of esters is 1. The van der Waals surface area contributed by atoms with Gasteiger partial charge >= 0.3 is 5.97 Å². The number of hydrogen-bond donors (Lipinski definition) is 0. The van der Waals surface area contributed by atoms with E-state index in [2.05, 4.69) is 11.3 Å². The molecular formula is C14H16F10O2. The van der Waals surface area contributed by atoms with Crippen molar-refractivity contribution in [1.82, 2.24) is 0 Å². The molecule has 0 aromatic carbocycles. The van der Waals surface area contributed by atoms with Gasteiger partial charge in [-0.1, -0.05) is 6.58 Å². The average molecular weight is 406 g/mol. The van der Waals surface area contributed by atoms with Crippen molar-refractivity contribution in [2.45, 2.75) is 62.2 Å². The molecule has 0 aromatic heterocycles. The lowest BCUT2D eigenvalue weighted by molar-refractivity contribution is -0.197. The van der Waals surface area contributed by atoms with Crippen molar-refractivity contribution in [3.8, 4) is 0 Å². The van der Waals surface area contributed by atoms with Crippen LogP contribution in [-0.2, 0) is 9.53 Å². The Morgan fingerprint density at radius 1 is 0.769 bits per heavy atom. The van der Waals surface area contributed by atoms with Crippen molar-refractivity contribution < 1.29 is 53.4 Å². The summed E-state index contributed by atoms with van der Waals surface area (Å²) in [6.45, 7) is 1.02. The molecule has 0 heterocycles. The van der Waals surface area contributed by atoms with E-state index in [1.165, 1.54) is 0 Å². The van der Waals surface area contributed by atoms with Crippen LogP contribution in [0.1, 0.15) is 32.6 Å². The molecule has 0 atom stereocenters. The molecule has 0 saturated carbocycles. The lowest BCUT2D eigenvalue weighted by Gasteiger charge is -2.29. The summed E-state index contributed by atoms with van der Waals surface area (Å²) in [5, 5.41) is 0. The molecule has 154 valence electrons. The number of carbonyl (C=O) groups excluding carboxylic acids is 1. The third kappa shape index (κ3) is 11.2. The Bertz CT molecular complexity index is 496. The van der Waals surface area contributed by atoms with Crippen molar-refractivity contribution in [2.24, 2.45) is 0 Å². The number of rotatable bonds is 11. The van der Waals surface area contributed by atoms with Gasteiger partial charge in [-0.2, -0.15) is 0 Å². The minimum Gasteiger partial charge on any atom is -0.456 e. The van der Waals surface area contributed by atoms with Gasteiger partial charge in [0.2, 0.25) is 0 Å². The number of alkyl halides is 10. The zero-order valence-electron chi connectivity index (χ0n) is 13.4. The SMILES string of the molecule is C=CC(=O)OCC(F)(F)CC(F)(F)CC(F)(F)CC(F)(F)CC(C)(F)F. The highest BCUT2D eigenvalue weighted by molar-refractivity contribution is 5.81. The minimum atomic E-state index is -4.90.